The van der Waals surface area contributed by atoms with Crippen LogP contribution in [0.25, 0.3) is 0 Å². The van der Waals surface area contributed by atoms with E-state index in [2.05, 4.69) is 20.2 Å². The molecule has 0 amide bonds. The lowest BCUT2D eigenvalue weighted by Crippen LogP contribution is -2.33. The van der Waals surface area contributed by atoms with Gasteiger partial charge in [-0.15, -0.1) is 0 Å². The topological polar surface area (TPSA) is 84.2 Å². The summed E-state index contributed by atoms with van der Waals surface area (Å²) in [6, 6.07) is 0.410. The van der Waals surface area contributed by atoms with E-state index in [1.807, 2.05) is 0 Å². The third-order valence-corrected chi connectivity index (χ3v) is 3.85. The van der Waals surface area contributed by atoms with Crippen molar-refractivity contribution in [2.24, 2.45) is 5.92 Å². The number of fused-ring (bicyclic) bond motifs is 2. The smallest absolute Gasteiger partial charge is 0.329 e. The predicted octanol–water partition coefficient (Wildman–Crippen LogP) is 1.42. The molecule has 2 unspecified atom stereocenters. The molecule has 1 saturated carbocycles. The van der Waals surface area contributed by atoms with Crippen LogP contribution < -0.4 is 10.2 Å². The van der Waals surface area contributed by atoms with Gasteiger partial charge in [-0.2, -0.15) is 4.98 Å². The Morgan fingerprint density at radius 2 is 2.39 bits per heavy atom. The molecule has 1 aromatic rings. The molecule has 7 nitrogen and oxygen atoms in total. The van der Waals surface area contributed by atoms with Crippen molar-refractivity contribution in [3.63, 3.8) is 0 Å². The molecule has 0 radical (unpaired) electrons. The van der Waals surface area contributed by atoms with Crippen LogP contribution in [-0.4, -0.2) is 34.5 Å². The maximum atomic E-state index is 11.1. The zero-order valence-corrected chi connectivity index (χ0v) is 10.2. The van der Waals surface area contributed by atoms with E-state index in [0.717, 1.165) is 19.4 Å². The van der Waals surface area contributed by atoms with Gasteiger partial charge in [0.05, 0.1) is 4.92 Å². The minimum absolute atomic E-state index is 0.00144. The molecular formula is C11H15N5O2. The third-order valence-electron chi connectivity index (χ3n) is 3.85. The summed E-state index contributed by atoms with van der Waals surface area (Å²) in [4.78, 5) is 20.9. The number of nitrogens with one attached hydrogen (secondary N) is 1. The SMILES string of the molecule is CNc1ncc([N+](=O)[O-])c(N2CC3CCC2C3)n1. The molecule has 1 N–H and O–H groups in total. The lowest BCUT2D eigenvalue weighted by atomic mass is 10.1. The van der Waals surface area contributed by atoms with Crippen molar-refractivity contribution in [3.8, 4) is 0 Å². The Bertz CT molecular complexity index is 492. The van der Waals surface area contributed by atoms with Crippen LogP contribution in [0.2, 0.25) is 0 Å². The lowest BCUT2D eigenvalue weighted by Gasteiger charge is -2.27. The predicted molar refractivity (Wildman–Crippen MR) is 66.7 cm³/mol. The summed E-state index contributed by atoms with van der Waals surface area (Å²) in [7, 11) is 1.71. The van der Waals surface area contributed by atoms with Gasteiger partial charge in [-0.05, 0) is 25.2 Å². The van der Waals surface area contributed by atoms with Crippen molar-refractivity contribution >= 4 is 17.5 Å². The Balaban J connectivity index is 2.00. The molecule has 1 aromatic heterocycles. The molecule has 2 bridgehead atoms. The largest absolute Gasteiger partial charge is 0.357 e. The first-order valence-corrected chi connectivity index (χ1v) is 6.15. The Morgan fingerprint density at radius 1 is 1.56 bits per heavy atom. The fraction of sp³-hybridized carbons (Fsp3) is 0.636. The Hall–Kier alpha value is -1.92. The fourth-order valence-corrected chi connectivity index (χ4v) is 3.01. The van der Waals surface area contributed by atoms with E-state index in [1.165, 1.54) is 12.6 Å². The van der Waals surface area contributed by atoms with Gasteiger partial charge in [0, 0.05) is 19.6 Å². The van der Waals surface area contributed by atoms with E-state index < -0.39 is 4.92 Å². The van der Waals surface area contributed by atoms with Gasteiger partial charge in [0.25, 0.3) is 0 Å². The summed E-state index contributed by atoms with van der Waals surface area (Å²) < 4.78 is 0. The zero-order valence-electron chi connectivity index (χ0n) is 10.2. The summed E-state index contributed by atoms with van der Waals surface area (Å²) in [6.45, 7) is 0.881. The third kappa shape index (κ3) is 1.66. The van der Waals surface area contributed by atoms with Crippen LogP contribution in [0.5, 0.6) is 0 Å². The lowest BCUT2D eigenvalue weighted by molar-refractivity contribution is -0.384. The Kier molecular flexibility index (Phi) is 2.53. The van der Waals surface area contributed by atoms with Gasteiger partial charge in [-0.3, -0.25) is 10.1 Å². The molecule has 1 aliphatic heterocycles. The second kappa shape index (κ2) is 4.08. The molecule has 0 spiro atoms. The number of nitro groups is 1. The highest BCUT2D eigenvalue weighted by Gasteiger charge is 2.41. The Labute approximate surface area is 104 Å². The number of piperidine rings is 1. The van der Waals surface area contributed by atoms with Crippen LogP contribution in [-0.2, 0) is 0 Å². The number of rotatable bonds is 3. The number of hydrogen-bond donors (Lipinski definition) is 1. The van der Waals surface area contributed by atoms with Crippen LogP contribution in [0.1, 0.15) is 19.3 Å². The highest BCUT2D eigenvalue weighted by atomic mass is 16.6. The first-order chi connectivity index (χ1) is 8.69. The highest BCUT2D eigenvalue weighted by Crippen LogP contribution is 2.42. The molecule has 2 aliphatic rings. The van der Waals surface area contributed by atoms with Crippen LogP contribution in [0, 0.1) is 16.0 Å². The van der Waals surface area contributed by atoms with Gasteiger partial charge < -0.3 is 10.2 Å². The molecule has 0 aromatic carbocycles. The van der Waals surface area contributed by atoms with E-state index in [1.54, 1.807) is 7.05 Å². The quantitative estimate of drug-likeness (QED) is 0.644. The average Bonchev–Trinajstić information content (AvgIpc) is 3.00. The van der Waals surface area contributed by atoms with Gasteiger partial charge in [0.15, 0.2) is 0 Å². The van der Waals surface area contributed by atoms with Gasteiger partial charge in [0.1, 0.15) is 6.20 Å². The summed E-state index contributed by atoms with van der Waals surface area (Å²) in [6.07, 6.45) is 4.77. The minimum Gasteiger partial charge on any atom is -0.357 e. The second-order valence-electron chi connectivity index (χ2n) is 4.89. The van der Waals surface area contributed by atoms with E-state index in [0.29, 0.717) is 23.7 Å². The molecule has 96 valence electrons. The first-order valence-electron chi connectivity index (χ1n) is 6.15. The van der Waals surface area contributed by atoms with Crippen molar-refractivity contribution in [3.05, 3.63) is 16.3 Å². The van der Waals surface area contributed by atoms with Gasteiger partial charge in [-0.1, -0.05) is 0 Å². The van der Waals surface area contributed by atoms with Gasteiger partial charge >= 0.3 is 5.69 Å². The number of hydrogen-bond acceptors (Lipinski definition) is 6. The molecule has 1 saturated heterocycles. The summed E-state index contributed by atoms with van der Waals surface area (Å²) in [5.41, 5.74) is 0.00144. The zero-order chi connectivity index (χ0) is 12.7. The van der Waals surface area contributed by atoms with Crippen LogP contribution in [0.4, 0.5) is 17.5 Å². The van der Waals surface area contributed by atoms with Crippen molar-refractivity contribution in [2.75, 3.05) is 23.8 Å². The summed E-state index contributed by atoms with van der Waals surface area (Å²) in [5, 5.41) is 13.9. The molecule has 2 heterocycles. The number of anilines is 2. The first kappa shape index (κ1) is 11.2. The molecular weight excluding hydrogens is 234 g/mol. The summed E-state index contributed by atoms with van der Waals surface area (Å²) in [5.74, 6) is 1.56. The van der Waals surface area contributed by atoms with Gasteiger partial charge in [0.2, 0.25) is 11.8 Å². The normalized spacial score (nSPS) is 25.5. The maximum Gasteiger partial charge on any atom is 0.329 e. The molecule has 2 atom stereocenters. The number of nitrogens with zero attached hydrogens (tertiary/aromatic N) is 4. The standard InChI is InChI=1S/C11H15N5O2/c1-12-11-13-5-9(16(17)18)10(14-11)15-6-7-2-3-8(15)4-7/h5,7-8H,2-4,6H2,1H3,(H,12,13,14). The van der Waals surface area contributed by atoms with Crippen LogP contribution in [0.3, 0.4) is 0 Å². The second-order valence-corrected chi connectivity index (χ2v) is 4.89. The number of aromatic nitrogens is 2. The molecule has 1 aliphatic carbocycles. The van der Waals surface area contributed by atoms with E-state index in [9.17, 15) is 10.1 Å². The Morgan fingerprint density at radius 3 is 2.94 bits per heavy atom. The average molecular weight is 249 g/mol. The molecule has 7 heteroatoms. The van der Waals surface area contributed by atoms with Crippen molar-refractivity contribution in [1.82, 2.24) is 9.97 Å². The fourth-order valence-electron chi connectivity index (χ4n) is 3.01. The molecule has 18 heavy (non-hydrogen) atoms. The van der Waals surface area contributed by atoms with Crippen molar-refractivity contribution in [2.45, 2.75) is 25.3 Å². The summed E-state index contributed by atoms with van der Waals surface area (Å²) >= 11 is 0. The maximum absolute atomic E-state index is 11.1. The molecule has 2 fully saturated rings. The monoisotopic (exact) mass is 249 g/mol. The van der Waals surface area contributed by atoms with Crippen LogP contribution in [0.15, 0.2) is 6.20 Å². The van der Waals surface area contributed by atoms with E-state index >= 15 is 0 Å². The van der Waals surface area contributed by atoms with Crippen molar-refractivity contribution < 1.29 is 4.92 Å². The van der Waals surface area contributed by atoms with E-state index in [4.69, 9.17) is 0 Å². The van der Waals surface area contributed by atoms with Gasteiger partial charge in [-0.25, -0.2) is 4.98 Å². The molecule has 3 rings (SSSR count). The van der Waals surface area contributed by atoms with Crippen molar-refractivity contribution in [1.29, 1.82) is 0 Å². The van der Waals surface area contributed by atoms with Crippen LogP contribution >= 0.6 is 0 Å². The highest BCUT2D eigenvalue weighted by molar-refractivity contribution is 5.60. The van der Waals surface area contributed by atoms with E-state index in [-0.39, 0.29) is 5.69 Å². The minimum atomic E-state index is -0.402.